The van der Waals surface area contributed by atoms with E-state index in [-0.39, 0.29) is 11.4 Å². The molecule has 0 atom stereocenters. The van der Waals surface area contributed by atoms with E-state index in [0.717, 1.165) is 5.69 Å². The Balaban J connectivity index is 2.06. The molecule has 4 nitrogen and oxygen atoms in total. The van der Waals surface area contributed by atoms with Crippen LogP contribution in [0.4, 0.5) is 10.1 Å². The number of anilines is 1. The summed E-state index contributed by atoms with van der Waals surface area (Å²) in [6, 6.07) is 9.77. The van der Waals surface area contributed by atoms with Crippen molar-refractivity contribution in [2.45, 2.75) is 13.1 Å². The largest absolute Gasteiger partial charge is 0.383 e. The average molecular weight is 276 g/mol. The second kappa shape index (κ2) is 6.86. The lowest BCUT2D eigenvalue weighted by Crippen LogP contribution is -2.21. The maximum Gasteiger partial charge on any atom is 0.250 e. The summed E-state index contributed by atoms with van der Waals surface area (Å²) in [6.07, 6.45) is 1.71. The smallest absolute Gasteiger partial charge is 0.250 e. The second-order valence-electron chi connectivity index (χ2n) is 4.39. The Morgan fingerprint density at radius 1 is 1.25 bits per heavy atom. The molecule has 20 heavy (non-hydrogen) atoms. The van der Waals surface area contributed by atoms with Crippen molar-refractivity contribution >= 4 is 5.69 Å². The molecule has 0 bridgehead atoms. The fourth-order valence-corrected chi connectivity index (χ4v) is 1.84. The van der Waals surface area contributed by atoms with Gasteiger partial charge >= 0.3 is 0 Å². The predicted octanol–water partition coefficient (Wildman–Crippen LogP) is 2.25. The van der Waals surface area contributed by atoms with Gasteiger partial charge in [0.25, 0.3) is 5.56 Å². The summed E-state index contributed by atoms with van der Waals surface area (Å²) < 4.78 is 20.0. The molecule has 0 aliphatic rings. The molecular formula is C15H17FN2O2. The predicted molar refractivity (Wildman–Crippen MR) is 76.3 cm³/mol. The van der Waals surface area contributed by atoms with Gasteiger partial charge in [0, 0.05) is 38.0 Å². The summed E-state index contributed by atoms with van der Waals surface area (Å²) in [6.45, 7) is 1.33. The molecule has 2 aromatic rings. The quantitative estimate of drug-likeness (QED) is 0.880. The summed E-state index contributed by atoms with van der Waals surface area (Å²) in [5.41, 5.74) is 1.27. The number of halogens is 1. The number of hydrogen-bond donors (Lipinski definition) is 1. The molecule has 0 aliphatic heterocycles. The molecule has 1 aromatic carbocycles. The average Bonchev–Trinajstić information content (AvgIpc) is 2.46. The number of nitrogens with one attached hydrogen (secondary N) is 1. The molecule has 0 radical (unpaired) electrons. The summed E-state index contributed by atoms with van der Waals surface area (Å²) in [4.78, 5) is 11.6. The molecule has 0 aliphatic carbocycles. The Labute approximate surface area is 116 Å². The molecule has 106 valence electrons. The van der Waals surface area contributed by atoms with Crippen LogP contribution in [0.3, 0.4) is 0 Å². The zero-order chi connectivity index (χ0) is 14.4. The monoisotopic (exact) mass is 276 g/mol. The van der Waals surface area contributed by atoms with Crippen molar-refractivity contribution in [3.8, 4) is 0 Å². The molecule has 5 heteroatoms. The van der Waals surface area contributed by atoms with Crippen molar-refractivity contribution in [3.63, 3.8) is 0 Å². The normalized spacial score (nSPS) is 10.5. The van der Waals surface area contributed by atoms with Crippen molar-refractivity contribution in [1.29, 1.82) is 0 Å². The second-order valence-corrected chi connectivity index (χ2v) is 4.39. The van der Waals surface area contributed by atoms with E-state index in [2.05, 4.69) is 5.32 Å². The maximum atomic E-state index is 13.5. The van der Waals surface area contributed by atoms with E-state index in [9.17, 15) is 9.18 Å². The fraction of sp³-hybridized carbons (Fsp3) is 0.267. The minimum Gasteiger partial charge on any atom is -0.383 e. The highest BCUT2D eigenvalue weighted by Gasteiger charge is 2.02. The molecule has 2 rings (SSSR count). The number of aromatic nitrogens is 1. The van der Waals surface area contributed by atoms with Crippen LogP contribution in [0, 0.1) is 5.82 Å². The Morgan fingerprint density at radius 2 is 2.05 bits per heavy atom. The molecule has 0 fully saturated rings. The molecular weight excluding hydrogens is 259 g/mol. The van der Waals surface area contributed by atoms with Crippen LogP contribution < -0.4 is 10.9 Å². The van der Waals surface area contributed by atoms with Gasteiger partial charge in [-0.1, -0.05) is 18.2 Å². The van der Waals surface area contributed by atoms with E-state index >= 15 is 0 Å². The van der Waals surface area contributed by atoms with Crippen LogP contribution in [-0.2, 0) is 17.8 Å². The highest BCUT2D eigenvalue weighted by Crippen LogP contribution is 2.10. The minimum atomic E-state index is -0.243. The molecule has 0 spiro atoms. The van der Waals surface area contributed by atoms with E-state index in [1.165, 1.54) is 12.1 Å². The van der Waals surface area contributed by atoms with Gasteiger partial charge in [-0.05, 0) is 12.1 Å². The number of methoxy groups -OCH3 is 1. The summed E-state index contributed by atoms with van der Waals surface area (Å²) in [5, 5.41) is 3.11. The lowest BCUT2D eigenvalue weighted by Gasteiger charge is -2.10. The van der Waals surface area contributed by atoms with Crippen LogP contribution in [0.5, 0.6) is 0 Å². The highest BCUT2D eigenvalue weighted by atomic mass is 19.1. The Morgan fingerprint density at radius 3 is 2.80 bits per heavy atom. The van der Waals surface area contributed by atoms with Gasteiger partial charge in [0.2, 0.25) is 0 Å². The van der Waals surface area contributed by atoms with Crippen molar-refractivity contribution in [1.82, 2.24) is 4.57 Å². The van der Waals surface area contributed by atoms with Gasteiger partial charge in [0.15, 0.2) is 0 Å². The summed E-state index contributed by atoms with van der Waals surface area (Å²) in [5.74, 6) is -0.243. The van der Waals surface area contributed by atoms with Gasteiger partial charge in [-0.2, -0.15) is 0 Å². The van der Waals surface area contributed by atoms with Gasteiger partial charge < -0.3 is 14.6 Å². The van der Waals surface area contributed by atoms with Crippen LogP contribution in [0.25, 0.3) is 0 Å². The first kappa shape index (κ1) is 14.3. The number of benzene rings is 1. The van der Waals surface area contributed by atoms with Gasteiger partial charge in [0.1, 0.15) is 5.82 Å². The number of ether oxygens (including phenoxy) is 1. The van der Waals surface area contributed by atoms with Crippen molar-refractivity contribution in [2.24, 2.45) is 0 Å². The van der Waals surface area contributed by atoms with E-state index in [0.29, 0.717) is 25.3 Å². The lowest BCUT2D eigenvalue weighted by atomic mass is 10.2. The zero-order valence-electron chi connectivity index (χ0n) is 11.3. The van der Waals surface area contributed by atoms with Crippen LogP contribution in [0.1, 0.15) is 5.56 Å². The minimum absolute atomic E-state index is 0.0847. The highest BCUT2D eigenvalue weighted by molar-refractivity contribution is 5.41. The standard InChI is InChI=1S/C15H17FN2O2/c1-20-9-8-18-11-13(6-7-15(18)19)17-10-12-4-2-3-5-14(12)16/h2-7,11,17H,8-10H2,1H3. The Hall–Kier alpha value is -2.14. The third kappa shape index (κ3) is 3.68. The first-order chi connectivity index (χ1) is 9.70. The molecule has 0 amide bonds. The van der Waals surface area contributed by atoms with E-state index < -0.39 is 0 Å². The SMILES string of the molecule is COCCn1cc(NCc2ccccc2F)ccc1=O. The zero-order valence-corrected chi connectivity index (χ0v) is 11.3. The first-order valence-electron chi connectivity index (χ1n) is 6.37. The molecule has 0 saturated carbocycles. The number of hydrogen-bond acceptors (Lipinski definition) is 3. The topological polar surface area (TPSA) is 43.3 Å². The molecule has 1 aromatic heterocycles. The summed E-state index contributed by atoms with van der Waals surface area (Å²) >= 11 is 0. The van der Waals surface area contributed by atoms with E-state index in [1.54, 1.807) is 42.1 Å². The van der Waals surface area contributed by atoms with E-state index in [4.69, 9.17) is 4.74 Å². The fourth-order valence-electron chi connectivity index (χ4n) is 1.84. The van der Waals surface area contributed by atoms with Crippen molar-refractivity contribution < 1.29 is 9.13 Å². The number of pyridine rings is 1. The molecule has 1 heterocycles. The van der Waals surface area contributed by atoms with E-state index in [1.807, 2.05) is 0 Å². The maximum absolute atomic E-state index is 13.5. The van der Waals surface area contributed by atoms with Gasteiger partial charge in [-0.25, -0.2) is 4.39 Å². The lowest BCUT2D eigenvalue weighted by molar-refractivity contribution is 0.186. The van der Waals surface area contributed by atoms with Gasteiger partial charge in [-0.3, -0.25) is 4.79 Å². The van der Waals surface area contributed by atoms with Crippen LogP contribution in [0.15, 0.2) is 47.4 Å². The third-order valence-electron chi connectivity index (χ3n) is 2.96. The van der Waals surface area contributed by atoms with Crippen LogP contribution in [-0.4, -0.2) is 18.3 Å². The van der Waals surface area contributed by atoms with Crippen LogP contribution in [0.2, 0.25) is 0 Å². The summed E-state index contributed by atoms with van der Waals surface area (Å²) in [7, 11) is 1.59. The van der Waals surface area contributed by atoms with Gasteiger partial charge in [0.05, 0.1) is 12.3 Å². The molecule has 0 saturated heterocycles. The number of rotatable bonds is 6. The van der Waals surface area contributed by atoms with Crippen molar-refractivity contribution in [2.75, 3.05) is 19.0 Å². The Kier molecular flexibility index (Phi) is 4.90. The van der Waals surface area contributed by atoms with Crippen LogP contribution >= 0.6 is 0 Å². The van der Waals surface area contributed by atoms with Crippen molar-refractivity contribution in [3.05, 3.63) is 64.3 Å². The number of nitrogens with zero attached hydrogens (tertiary/aromatic N) is 1. The third-order valence-corrected chi connectivity index (χ3v) is 2.96. The van der Waals surface area contributed by atoms with Gasteiger partial charge in [-0.15, -0.1) is 0 Å². The molecule has 1 N–H and O–H groups in total. The Bertz CT molecular complexity index is 625. The molecule has 0 unspecified atom stereocenters. The first-order valence-corrected chi connectivity index (χ1v) is 6.37.